The van der Waals surface area contributed by atoms with Crippen molar-refractivity contribution in [3.63, 3.8) is 0 Å². The van der Waals surface area contributed by atoms with Crippen LogP contribution >= 0.6 is 15.9 Å². The summed E-state index contributed by atoms with van der Waals surface area (Å²) < 4.78 is 12.6. The molecule has 0 saturated heterocycles. The van der Waals surface area contributed by atoms with Crippen molar-refractivity contribution in [2.75, 3.05) is 0 Å². The molecule has 9 nitrogen and oxygen atoms in total. The Balaban J connectivity index is 1.33. The van der Waals surface area contributed by atoms with Gasteiger partial charge in [-0.3, -0.25) is 23.7 Å². The molecule has 0 aliphatic carbocycles. The average molecular weight is 508 g/mol. The molecule has 2 amide bonds. The zero-order chi connectivity index (χ0) is 23.1. The van der Waals surface area contributed by atoms with Gasteiger partial charge in [0.05, 0.1) is 35.2 Å². The van der Waals surface area contributed by atoms with Gasteiger partial charge in [-0.2, -0.15) is 0 Å². The number of hydrogen-bond acceptors (Lipinski definition) is 7. The molecule has 0 saturated carbocycles. The van der Waals surface area contributed by atoms with Gasteiger partial charge in [-0.05, 0) is 58.4 Å². The van der Waals surface area contributed by atoms with Gasteiger partial charge in [-0.25, -0.2) is 9.78 Å². The Hall–Kier alpha value is -4.05. The number of nitrogens with zero attached hydrogens (tertiary/aromatic N) is 3. The first kappa shape index (κ1) is 20.8. The minimum atomic E-state index is -0.708. The van der Waals surface area contributed by atoms with Crippen LogP contribution in [0.25, 0.3) is 5.65 Å². The summed E-state index contributed by atoms with van der Waals surface area (Å²) in [5.74, 6) is -1.22. The number of pyridine rings is 1. The van der Waals surface area contributed by atoms with Gasteiger partial charge in [-0.1, -0.05) is 0 Å². The molecule has 3 aromatic heterocycles. The van der Waals surface area contributed by atoms with Crippen LogP contribution in [0, 0.1) is 0 Å². The molecule has 10 heteroatoms. The molecule has 4 heterocycles. The smallest absolute Gasteiger partial charge is 0.338 e. The van der Waals surface area contributed by atoms with Gasteiger partial charge < -0.3 is 9.15 Å². The van der Waals surface area contributed by atoms with Crippen LogP contribution in [0.2, 0.25) is 0 Å². The Labute approximate surface area is 194 Å². The van der Waals surface area contributed by atoms with E-state index in [-0.39, 0.29) is 41.1 Å². The van der Waals surface area contributed by atoms with Crippen LogP contribution in [-0.2, 0) is 17.9 Å². The first-order chi connectivity index (χ1) is 15.9. The van der Waals surface area contributed by atoms with E-state index in [1.54, 1.807) is 30.5 Å². The lowest BCUT2D eigenvalue weighted by molar-refractivity contribution is 0.0467. The third kappa shape index (κ3) is 3.85. The lowest BCUT2D eigenvalue weighted by Crippen LogP contribution is -2.28. The first-order valence-corrected chi connectivity index (χ1v) is 10.6. The van der Waals surface area contributed by atoms with Gasteiger partial charge in [0, 0.05) is 16.7 Å². The number of rotatable bonds is 5. The fourth-order valence-electron chi connectivity index (χ4n) is 3.54. The number of ether oxygens (including phenoxy) is 1. The summed E-state index contributed by atoms with van der Waals surface area (Å²) in [5, 5.41) is 0. The van der Waals surface area contributed by atoms with Gasteiger partial charge in [0.25, 0.3) is 17.4 Å². The lowest BCUT2D eigenvalue weighted by Gasteiger charge is -2.11. The Morgan fingerprint density at radius 2 is 1.85 bits per heavy atom. The van der Waals surface area contributed by atoms with E-state index < -0.39 is 17.8 Å². The van der Waals surface area contributed by atoms with Crippen LogP contribution in [0.3, 0.4) is 0 Å². The van der Waals surface area contributed by atoms with Crippen molar-refractivity contribution in [3.05, 3.63) is 104 Å². The maximum atomic E-state index is 12.7. The number of carbonyl (C=O) groups excluding carboxylic acids is 3. The second-order valence-electron chi connectivity index (χ2n) is 7.27. The predicted molar refractivity (Wildman–Crippen MR) is 118 cm³/mol. The molecule has 0 N–H and O–H groups in total. The molecule has 1 aliphatic heterocycles. The molecule has 33 heavy (non-hydrogen) atoms. The van der Waals surface area contributed by atoms with Gasteiger partial charge in [0.1, 0.15) is 18.0 Å². The molecule has 1 aromatic carbocycles. The quantitative estimate of drug-likeness (QED) is 0.301. The van der Waals surface area contributed by atoms with Gasteiger partial charge in [-0.15, -0.1) is 0 Å². The van der Waals surface area contributed by atoms with Gasteiger partial charge in [0.15, 0.2) is 0 Å². The van der Waals surface area contributed by atoms with Crippen LogP contribution in [-0.4, -0.2) is 32.1 Å². The van der Waals surface area contributed by atoms with E-state index in [4.69, 9.17) is 9.15 Å². The second kappa shape index (κ2) is 8.14. The second-order valence-corrected chi connectivity index (χ2v) is 8.19. The molecule has 0 unspecified atom stereocenters. The molecular weight excluding hydrogens is 494 g/mol. The Morgan fingerprint density at radius 1 is 1.03 bits per heavy atom. The maximum Gasteiger partial charge on any atom is 0.338 e. The summed E-state index contributed by atoms with van der Waals surface area (Å²) in [6.07, 6.45) is 3.05. The summed E-state index contributed by atoms with van der Waals surface area (Å²) in [6.45, 7) is -0.228. The van der Waals surface area contributed by atoms with E-state index in [0.29, 0.717) is 11.4 Å². The third-order valence-corrected chi connectivity index (χ3v) is 5.60. The van der Waals surface area contributed by atoms with E-state index in [1.165, 1.54) is 34.9 Å². The van der Waals surface area contributed by atoms with Crippen molar-refractivity contribution in [2.45, 2.75) is 13.2 Å². The maximum absolute atomic E-state index is 12.7. The average Bonchev–Trinajstić information content (AvgIpc) is 3.41. The molecule has 0 fully saturated rings. The number of imide groups is 1. The highest BCUT2D eigenvalue weighted by Gasteiger charge is 2.36. The lowest BCUT2D eigenvalue weighted by atomic mass is 10.1. The van der Waals surface area contributed by atoms with Crippen molar-refractivity contribution in [1.82, 2.24) is 14.3 Å². The monoisotopic (exact) mass is 507 g/mol. The van der Waals surface area contributed by atoms with E-state index in [0.717, 1.165) is 9.37 Å². The molecular formula is C23H14BrN3O6. The molecule has 1 aliphatic rings. The highest BCUT2D eigenvalue weighted by molar-refractivity contribution is 9.10. The molecule has 4 aromatic rings. The van der Waals surface area contributed by atoms with Crippen molar-refractivity contribution in [1.29, 1.82) is 0 Å². The fraction of sp³-hybridized carbons (Fsp3) is 0.0870. The highest BCUT2D eigenvalue weighted by atomic mass is 79.9. The van der Waals surface area contributed by atoms with Gasteiger partial charge >= 0.3 is 5.97 Å². The van der Waals surface area contributed by atoms with Gasteiger partial charge in [0.2, 0.25) is 0 Å². The Bertz CT molecular complexity index is 1490. The number of halogens is 1. The number of amides is 2. The van der Waals surface area contributed by atoms with Crippen molar-refractivity contribution in [2.24, 2.45) is 0 Å². The van der Waals surface area contributed by atoms with Crippen LogP contribution in [0.15, 0.2) is 74.7 Å². The van der Waals surface area contributed by atoms with Crippen LogP contribution in [0.5, 0.6) is 0 Å². The minimum absolute atomic E-state index is 0.00112. The van der Waals surface area contributed by atoms with Crippen molar-refractivity contribution < 1.29 is 23.5 Å². The minimum Gasteiger partial charge on any atom is -0.467 e. The van der Waals surface area contributed by atoms with Crippen molar-refractivity contribution in [3.8, 4) is 0 Å². The number of esters is 1. The Kier molecular flexibility index (Phi) is 5.14. The number of aromatic nitrogens is 2. The van der Waals surface area contributed by atoms with Crippen LogP contribution in [0.1, 0.15) is 42.5 Å². The predicted octanol–water partition coefficient (Wildman–Crippen LogP) is 3.20. The number of fused-ring (bicyclic) bond motifs is 2. The zero-order valence-electron chi connectivity index (χ0n) is 16.9. The normalized spacial score (nSPS) is 12.9. The summed E-state index contributed by atoms with van der Waals surface area (Å²) >= 11 is 3.30. The third-order valence-electron chi connectivity index (χ3n) is 5.13. The molecule has 0 bridgehead atoms. The summed E-state index contributed by atoms with van der Waals surface area (Å²) in [7, 11) is 0. The summed E-state index contributed by atoms with van der Waals surface area (Å²) in [4.78, 5) is 55.6. The topological polar surface area (TPSA) is 111 Å². The van der Waals surface area contributed by atoms with Crippen LogP contribution < -0.4 is 5.56 Å². The van der Waals surface area contributed by atoms with E-state index in [2.05, 4.69) is 20.9 Å². The van der Waals surface area contributed by atoms with E-state index in [9.17, 15) is 19.2 Å². The molecule has 0 atom stereocenters. The number of furan rings is 1. The summed E-state index contributed by atoms with van der Waals surface area (Å²) in [6, 6.07) is 12.2. The molecule has 0 radical (unpaired) electrons. The number of hydrogen-bond donors (Lipinski definition) is 0. The summed E-state index contributed by atoms with van der Waals surface area (Å²) in [5.41, 5.74) is 0.816. The Morgan fingerprint density at radius 3 is 2.64 bits per heavy atom. The van der Waals surface area contributed by atoms with E-state index in [1.807, 2.05) is 0 Å². The molecule has 164 valence electrons. The molecule has 5 rings (SSSR count). The standard InChI is InChI=1S/C23H14BrN3O6/c24-14-4-6-19-25-15(9-20(28)26(19)10-14)12-33-23(31)13-3-5-17-18(8-13)22(30)27(21(17)29)11-16-2-1-7-32-16/h1-10H,11-12H2. The molecule has 0 spiro atoms. The number of benzene rings is 1. The van der Waals surface area contributed by atoms with Crippen LogP contribution in [0.4, 0.5) is 0 Å². The SMILES string of the molecule is O=C(OCc1cc(=O)n2cc(Br)ccc2n1)c1ccc2c(c1)C(=O)N(Cc1ccco1)C2=O. The highest BCUT2D eigenvalue weighted by Crippen LogP contribution is 2.26. The van der Waals surface area contributed by atoms with Crippen molar-refractivity contribution >= 4 is 39.4 Å². The zero-order valence-corrected chi connectivity index (χ0v) is 18.4. The number of carbonyl (C=O) groups is 3. The largest absolute Gasteiger partial charge is 0.467 e. The first-order valence-electron chi connectivity index (χ1n) is 9.78. The fourth-order valence-corrected chi connectivity index (χ4v) is 3.88. The van der Waals surface area contributed by atoms with E-state index >= 15 is 0 Å².